The molecule has 4 nitrogen and oxygen atoms in total. The van der Waals surface area contributed by atoms with Gasteiger partial charge < -0.3 is 14.8 Å². The van der Waals surface area contributed by atoms with Crippen LogP contribution in [-0.4, -0.2) is 18.5 Å². The highest BCUT2D eigenvalue weighted by Crippen LogP contribution is 2.33. The Hall–Kier alpha value is -2.92. The number of amides is 1. The Morgan fingerprint density at radius 3 is 2.44 bits per heavy atom. The molecule has 1 N–H and O–H groups in total. The first-order valence-corrected chi connectivity index (χ1v) is 9.85. The van der Waals surface area contributed by atoms with E-state index in [1.54, 1.807) is 11.8 Å². The summed E-state index contributed by atoms with van der Waals surface area (Å²) in [4.78, 5) is 12.2. The molecular formula is C22H19NO3S. The van der Waals surface area contributed by atoms with E-state index in [0.29, 0.717) is 5.75 Å². The molecular weight excluding hydrogens is 358 g/mol. The molecule has 136 valence electrons. The number of ether oxygens (including phenoxy) is 2. The van der Waals surface area contributed by atoms with Gasteiger partial charge in [-0.25, -0.2) is 0 Å². The third-order valence-electron chi connectivity index (χ3n) is 4.21. The van der Waals surface area contributed by atoms with Gasteiger partial charge in [-0.05, 0) is 41.0 Å². The van der Waals surface area contributed by atoms with E-state index in [0.717, 1.165) is 39.6 Å². The first-order chi connectivity index (χ1) is 13.3. The summed E-state index contributed by atoms with van der Waals surface area (Å²) >= 11 is 1.57. The smallest absolute Gasteiger partial charge is 0.234 e. The Bertz CT molecular complexity index is 926. The summed E-state index contributed by atoms with van der Waals surface area (Å²) in [6.45, 7) is 0.275. The van der Waals surface area contributed by atoms with Gasteiger partial charge in [0.15, 0.2) is 11.5 Å². The van der Waals surface area contributed by atoms with Crippen LogP contribution in [0.15, 0.2) is 72.8 Å². The van der Waals surface area contributed by atoms with E-state index in [-0.39, 0.29) is 12.7 Å². The van der Waals surface area contributed by atoms with Crippen LogP contribution < -0.4 is 14.8 Å². The van der Waals surface area contributed by atoms with Crippen molar-refractivity contribution in [3.05, 3.63) is 78.4 Å². The van der Waals surface area contributed by atoms with Gasteiger partial charge in [-0.1, -0.05) is 48.5 Å². The zero-order valence-corrected chi connectivity index (χ0v) is 15.5. The molecule has 3 aromatic carbocycles. The van der Waals surface area contributed by atoms with Crippen molar-refractivity contribution in [2.45, 2.75) is 5.75 Å². The van der Waals surface area contributed by atoms with E-state index in [1.165, 1.54) is 0 Å². The zero-order valence-electron chi connectivity index (χ0n) is 14.7. The fourth-order valence-corrected chi connectivity index (χ4v) is 3.64. The number of thioether (sulfide) groups is 1. The molecule has 1 heterocycles. The highest BCUT2D eigenvalue weighted by molar-refractivity contribution is 7.99. The first-order valence-electron chi connectivity index (χ1n) is 8.69. The minimum absolute atomic E-state index is 0.00629. The predicted octanol–water partition coefficient (Wildman–Crippen LogP) is 4.95. The van der Waals surface area contributed by atoms with Crippen molar-refractivity contribution in [2.75, 3.05) is 17.9 Å². The first kappa shape index (κ1) is 17.5. The molecule has 27 heavy (non-hydrogen) atoms. The van der Waals surface area contributed by atoms with Gasteiger partial charge in [0, 0.05) is 11.4 Å². The van der Waals surface area contributed by atoms with Gasteiger partial charge in [-0.2, -0.15) is 0 Å². The number of carbonyl (C=O) groups excluding carboxylic acids is 1. The van der Waals surface area contributed by atoms with Gasteiger partial charge >= 0.3 is 0 Å². The second-order valence-electron chi connectivity index (χ2n) is 6.17. The number of hydrogen-bond donors (Lipinski definition) is 1. The molecule has 0 fully saturated rings. The van der Waals surface area contributed by atoms with E-state index < -0.39 is 0 Å². The van der Waals surface area contributed by atoms with E-state index in [4.69, 9.17) is 9.47 Å². The molecule has 1 amide bonds. The lowest BCUT2D eigenvalue weighted by molar-refractivity contribution is -0.113. The molecule has 3 aromatic rings. The molecule has 0 unspecified atom stereocenters. The number of nitrogens with one attached hydrogen (secondary N) is 1. The van der Waals surface area contributed by atoms with Crippen molar-refractivity contribution in [3.63, 3.8) is 0 Å². The standard InChI is InChI=1S/C22H19NO3S/c24-22(14-27-13-16-6-11-20-21(12-16)26-15-25-20)23-19-9-7-18(8-10-19)17-4-2-1-3-5-17/h1-12H,13-15H2,(H,23,24). The average Bonchev–Trinajstić information content (AvgIpc) is 3.17. The van der Waals surface area contributed by atoms with Crippen LogP contribution in [0.5, 0.6) is 11.5 Å². The van der Waals surface area contributed by atoms with Crippen LogP contribution in [0.3, 0.4) is 0 Å². The molecule has 0 atom stereocenters. The minimum Gasteiger partial charge on any atom is -0.454 e. The van der Waals surface area contributed by atoms with Gasteiger partial charge in [0.2, 0.25) is 12.7 Å². The van der Waals surface area contributed by atoms with Crippen LogP contribution in [0.1, 0.15) is 5.56 Å². The van der Waals surface area contributed by atoms with Crippen LogP contribution >= 0.6 is 11.8 Å². The Balaban J connectivity index is 1.27. The Labute approximate surface area is 162 Å². The zero-order chi connectivity index (χ0) is 18.5. The van der Waals surface area contributed by atoms with E-state index >= 15 is 0 Å². The Kier molecular flexibility index (Phi) is 5.30. The topological polar surface area (TPSA) is 47.6 Å². The number of hydrogen-bond acceptors (Lipinski definition) is 4. The SMILES string of the molecule is O=C(CSCc1ccc2c(c1)OCO2)Nc1ccc(-c2ccccc2)cc1. The highest BCUT2D eigenvalue weighted by Gasteiger charge is 2.13. The number of rotatable bonds is 6. The summed E-state index contributed by atoms with van der Waals surface area (Å²) < 4.78 is 10.7. The summed E-state index contributed by atoms with van der Waals surface area (Å²) in [5.74, 6) is 2.69. The maximum absolute atomic E-state index is 12.2. The molecule has 4 rings (SSSR count). The summed E-state index contributed by atoms with van der Waals surface area (Å²) in [5.41, 5.74) is 4.22. The van der Waals surface area contributed by atoms with Crippen molar-refractivity contribution in [2.24, 2.45) is 0 Å². The van der Waals surface area contributed by atoms with Crippen LogP contribution in [0.2, 0.25) is 0 Å². The molecule has 0 spiro atoms. The third kappa shape index (κ3) is 4.44. The fourth-order valence-electron chi connectivity index (χ4n) is 2.87. The molecule has 0 bridgehead atoms. The van der Waals surface area contributed by atoms with Crippen LogP contribution in [0.4, 0.5) is 5.69 Å². The fraction of sp³-hybridized carbons (Fsp3) is 0.136. The molecule has 0 saturated heterocycles. The second-order valence-corrected chi connectivity index (χ2v) is 7.16. The van der Waals surface area contributed by atoms with E-state index in [9.17, 15) is 4.79 Å². The summed E-state index contributed by atoms with van der Waals surface area (Å²) in [6, 6.07) is 24.0. The largest absolute Gasteiger partial charge is 0.454 e. The predicted molar refractivity (Wildman–Crippen MR) is 109 cm³/mol. The summed E-state index contributed by atoms with van der Waals surface area (Å²) in [7, 11) is 0. The van der Waals surface area contributed by atoms with Gasteiger partial charge in [-0.15, -0.1) is 11.8 Å². The molecule has 0 radical (unpaired) electrons. The van der Waals surface area contributed by atoms with Gasteiger partial charge in [0.25, 0.3) is 0 Å². The van der Waals surface area contributed by atoms with Gasteiger partial charge in [-0.3, -0.25) is 4.79 Å². The van der Waals surface area contributed by atoms with Crippen molar-refractivity contribution >= 4 is 23.4 Å². The second kappa shape index (κ2) is 8.18. The number of anilines is 1. The van der Waals surface area contributed by atoms with Gasteiger partial charge in [0.1, 0.15) is 0 Å². The lowest BCUT2D eigenvalue weighted by Gasteiger charge is -2.07. The summed E-state index contributed by atoms with van der Waals surface area (Å²) in [5, 5.41) is 2.94. The van der Waals surface area contributed by atoms with Crippen LogP contribution in [0.25, 0.3) is 11.1 Å². The molecule has 0 aliphatic carbocycles. The average molecular weight is 377 g/mol. The van der Waals surface area contributed by atoms with Crippen molar-refractivity contribution in [1.82, 2.24) is 0 Å². The van der Waals surface area contributed by atoms with Crippen molar-refractivity contribution < 1.29 is 14.3 Å². The Morgan fingerprint density at radius 1 is 0.889 bits per heavy atom. The number of fused-ring (bicyclic) bond motifs is 1. The van der Waals surface area contributed by atoms with Crippen LogP contribution in [-0.2, 0) is 10.5 Å². The lowest BCUT2D eigenvalue weighted by atomic mass is 10.1. The van der Waals surface area contributed by atoms with Gasteiger partial charge in [0.05, 0.1) is 5.75 Å². The molecule has 5 heteroatoms. The third-order valence-corrected chi connectivity index (χ3v) is 5.22. The quantitative estimate of drug-likeness (QED) is 0.660. The Morgan fingerprint density at radius 2 is 1.63 bits per heavy atom. The normalized spacial score (nSPS) is 12.0. The lowest BCUT2D eigenvalue weighted by Crippen LogP contribution is -2.14. The molecule has 1 aliphatic heterocycles. The molecule has 0 saturated carbocycles. The maximum Gasteiger partial charge on any atom is 0.234 e. The summed E-state index contributed by atoms with van der Waals surface area (Å²) in [6.07, 6.45) is 0. The van der Waals surface area contributed by atoms with E-state index in [1.807, 2.05) is 60.7 Å². The molecule has 0 aromatic heterocycles. The van der Waals surface area contributed by atoms with E-state index in [2.05, 4.69) is 17.4 Å². The van der Waals surface area contributed by atoms with Crippen molar-refractivity contribution in [1.29, 1.82) is 0 Å². The number of carbonyl (C=O) groups is 1. The minimum atomic E-state index is -0.00629. The molecule has 1 aliphatic rings. The number of benzene rings is 3. The van der Waals surface area contributed by atoms with Crippen molar-refractivity contribution in [3.8, 4) is 22.6 Å². The van der Waals surface area contributed by atoms with Crippen LogP contribution in [0, 0.1) is 0 Å². The maximum atomic E-state index is 12.2. The monoisotopic (exact) mass is 377 g/mol. The highest BCUT2D eigenvalue weighted by atomic mass is 32.2.